The quantitative estimate of drug-likeness (QED) is 0.167. The van der Waals surface area contributed by atoms with Crippen molar-refractivity contribution in [2.24, 2.45) is 11.5 Å². The number of aliphatic hydroxyl groups excluding tert-OH is 1. The van der Waals surface area contributed by atoms with E-state index in [9.17, 15) is 19.5 Å². The molecule has 0 fully saturated rings. The molecule has 0 saturated heterocycles. The molecular formula is C13H32N2O7P2S. The fraction of sp³-hybridized carbons (Fsp3) is 1.00. The Balaban J connectivity index is 4.01. The SMILES string of the molecule is NCCCCCCOP(O)(=S)CP(=O)(O)OCC(O)COCCCN. The van der Waals surface area contributed by atoms with Crippen LogP contribution in [-0.4, -0.2) is 66.4 Å². The molecule has 0 amide bonds. The Kier molecular flexibility index (Phi) is 14.9. The third-order valence-electron chi connectivity index (χ3n) is 3.02. The summed E-state index contributed by atoms with van der Waals surface area (Å²) >= 11 is 4.88. The highest BCUT2D eigenvalue weighted by Gasteiger charge is 2.30. The van der Waals surface area contributed by atoms with Crippen LogP contribution in [0.25, 0.3) is 0 Å². The number of aliphatic hydroxyl groups is 1. The second-order valence-electron chi connectivity index (χ2n) is 5.62. The molecule has 0 bridgehead atoms. The Morgan fingerprint density at radius 1 is 0.920 bits per heavy atom. The normalized spacial score (nSPS) is 17.8. The van der Waals surface area contributed by atoms with E-state index in [0.717, 1.165) is 19.3 Å². The number of rotatable bonds is 17. The van der Waals surface area contributed by atoms with Crippen LogP contribution in [0.1, 0.15) is 32.1 Å². The van der Waals surface area contributed by atoms with E-state index in [-0.39, 0.29) is 13.2 Å². The summed E-state index contributed by atoms with van der Waals surface area (Å²) in [5.74, 6) is -0.654. The van der Waals surface area contributed by atoms with Gasteiger partial charge in [-0.15, -0.1) is 0 Å². The van der Waals surface area contributed by atoms with Gasteiger partial charge >= 0.3 is 7.60 Å². The van der Waals surface area contributed by atoms with Crippen molar-refractivity contribution in [2.45, 2.75) is 38.2 Å². The highest BCUT2D eigenvalue weighted by Crippen LogP contribution is 2.58. The standard InChI is InChI=1S/C13H32N2O7P2S/c14-6-3-1-2-4-9-21-24(19,25)12-23(17,18)22-11-13(16)10-20-8-5-7-15/h13,16H,1-12,14-15H2,(H,17,18)(H,19,25). The van der Waals surface area contributed by atoms with Crippen molar-refractivity contribution in [3.8, 4) is 0 Å². The molecular weight excluding hydrogens is 390 g/mol. The fourth-order valence-corrected chi connectivity index (χ4v) is 6.59. The molecule has 0 rings (SSSR count). The molecule has 0 spiro atoms. The molecule has 0 saturated carbocycles. The van der Waals surface area contributed by atoms with Gasteiger partial charge in [0.15, 0.2) is 6.49 Å². The Bertz CT molecular complexity index is 431. The first kappa shape index (κ1) is 25.6. The van der Waals surface area contributed by atoms with Gasteiger partial charge in [-0.25, -0.2) is 0 Å². The molecule has 9 nitrogen and oxygen atoms in total. The zero-order chi connectivity index (χ0) is 19.2. The number of unbranched alkanes of at least 4 members (excludes halogenated alkanes) is 3. The van der Waals surface area contributed by atoms with Crippen LogP contribution in [-0.2, 0) is 30.2 Å². The molecule has 0 aliphatic carbocycles. The van der Waals surface area contributed by atoms with Gasteiger partial charge in [0, 0.05) is 6.61 Å². The van der Waals surface area contributed by atoms with Crippen LogP contribution in [0.4, 0.5) is 0 Å². The zero-order valence-corrected chi connectivity index (χ0v) is 17.1. The van der Waals surface area contributed by atoms with Crippen LogP contribution in [0.3, 0.4) is 0 Å². The maximum atomic E-state index is 12.0. The van der Waals surface area contributed by atoms with Crippen LogP contribution < -0.4 is 11.5 Å². The molecule has 0 aromatic carbocycles. The minimum absolute atomic E-state index is 0.0351. The molecule has 0 aromatic rings. The van der Waals surface area contributed by atoms with Gasteiger partial charge < -0.3 is 40.1 Å². The second-order valence-corrected chi connectivity index (χ2v) is 11.5. The summed E-state index contributed by atoms with van der Waals surface area (Å²) < 4.78 is 27.1. The van der Waals surface area contributed by atoms with Gasteiger partial charge in [-0.1, -0.05) is 12.8 Å². The Morgan fingerprint density at radius 3 is 2.20 bits per heavy atom. The molecule has 0 radical (unpaired) electrons. The molecule has 0 aliphatic heterocycles. The van der Waals surface area contributed by atoms with Gasteiger partial charge in [0.2, 0.25) is 0 Å². The molecule has 12 heteroatoms. The Morgan fingerprint density at radius 2 is 1.56 bits per heavy atom. The van der Waals surface area contributed by atoms with Crippen LogP contribution >= 0.6 is 14.1 Å². The molecule has 0 heterocycles. The van der Waals surface area contributed by atoms with Crippen LogP contribution in [0, 0.1) is 0 Å². The van der Waals surface area contributed by atoms with Crippen molar-refractivity contribution < 1.29 is 33.2 Å². The highest BCUT2D eigenvalue weighted by atomic mass is 32.5. The third-order valence-corrected chi connectivity index (χ3v) is 8.37. The topological polar surface area (TPSA) is 157 Å². The first-order chi connectivity index (χ1) is 11.7. The largest absolute Gasteiger partial charge is 0.388 e. The van der Waals surface area contributed by atoms with Gasteiger partial charge in [-0.05, 0) is 44.2 Å². The summed E-state index contributed by atoms with van der Waals surface area (Å²) in [6, 6.07) is 0. The van der Waals surface area contributed by atoms with E-state index in [1.807, 2.05) is 0 Å². The summed E-state index contributed by atoms with van der Waals surface area (Å²) in [6.07, 6.45) is 3.05. The lowest BCUT2D eigenvalue weighted by Gasteiger charge is -2.20. The number of ether oxygens (including phenoxy) is 1. The van der Waals surface area contributed by atoms with E-state index in [0.29, 0.717) is 32.5 Å². The van der Waals surface area contributed by atoms with Crippen molar-refractivity contribution in [2.75, 3.05) is 45.4 Å². The maximum Gasteiger partial charge on any atom is 0.337 e. The summed E-state index contributed by atoms with van der Waals surface area (Å²) in [7, 11) is -4.16. The van der Waals surface area contributed by atoms with E-state index in [4.69, 9.17) is 37.1 Å². The van der Waals surface area contributed by atoms with Crippen LogP contribution in [0.5, 0.6) is 0 Å². The van der Waals surface area contributed by atoms with Crippen molar-refractivity contribution in [1.29, 1.82) is 0 Å². The third kappa shape index (κ3) is 16.5. The summed E-state index contributed by atoms with van der Waals surface area (Å²) in [5.41, 5.74) is 10.7. The molecule has 3 unspecified atom stereocenters. The van der Waals surface area contributed by atoms with Gasteiger partial charge in [-0.3, -0.25) is 4.57 Å². The van der Waals surface area contributed by atoms with Crippen LogP contribution in [0.15, 0.2) is 0 Å². The molecule has 25 heavy (non-hydrogen) atoms. The van der Waals surface area contributed by atoms with E-state index < -0.39 is 32.7 Å². The summed E-state index contributed by atoms with van der Waals surface area (Å²) in [5, 5.41) is 9.62. The lowest BCUT2D eigenvalue weighted by atomic mass is 10.2. The van der Waals surface area contributed by atoms with Crippen LogP contribution in [0.2, 0.25) is 0 Å². The lowest BCUT2D eigenvalue weighted by molar-refractivity contribution is 0.00993. The molecule has 7 N–H and O–H groups in total. The van der Waals surface area contributed by atoms with Crippen molar-refractivity contribution in [3.63, 3.8) is 0 Å². The predicted octanol–water partition coefficient (Wildman–Crippen LogP) is 0.710. The molecule has 0 aromatic heterocycles. The summed E-state index contributed by atoms with van der Waals surface area (Å²) in [4.78, 5) is 19.7. The minimum Gasteiger partial charge on any atom is -0.388 e. The molecule has 3 atom stereocenters. The highest BCUT2D eigenvalue weighted by molar-refractivity contribution is 8.11. The minimum atomic E-state index is -4.16. The molecule has 152 valence electrons. The van der Waals surface area contributed by atoms with Gasteiger partial charge in [0.1, 0.15) is 12.0 Å². The lowest BCUT2D eigenvalue weighted by Crippen LogP contribution is -2.22. The van der Waals surface area contributed by atoms with Gasteiger partial charge in [-0.2, -0.15) is 0 Å². The zero-order valence-electron chi connectivity index (χ0n) is 14.5. The van der Waals surface area contributed by atoms with E-state index >= 15 is 0 Å². The van der Waals surface area contributed by atoms with Crippen molar-refractivity contribution in [3.05, 3.63) is 0 Å². The van der Waals surface area contributed by atoms with E-state index in [1.54, 1.807) is 0 Å². The first-order valence-corrected chi connectivity index (χ1v) is 12.9. The number of hydrogen-bond acceptors (Lipinski definition) is 8. The second kappa shape index (κ2) is 14.6. The van der Waals surface area contributed by atoms with E-state index in [1.165, 1.54) is 0 Å². The number of hydrogen-bond donors (Lipinski definition) is 5. The Hall–Kier alpha value is 0.560. The smallest absolute Gasteiger partial charge is 0.337 e. The monoisotopic (exact) mass is 422 g/mol. The maximum absolute atomic E-state index is 12.0. The van der Waals surface area contributed by atoms with Gasteiger partial charge in [0.05, 0.1) is 19.8 Å². The van der Waals surface area contributed by atoms with Gasteiger partial charge in [0.25, 0.3) is 0 Å². The average molecular weight is 422 g/mol. The molecule has 0 aliphatic rings. The van der Waals surface area contributed by atoms with Crippen molar-refractivity contribution >= 4 is 25.9 Å². The van der Waals surface area contributed by atoms with E-state index in [2.05, 4.69) is 0 Å². The van der Waals surface area contributed by atoms with Crippen molar-refractivity contribution in [1.82, 2.24) is 0 Å². The fourth-order valence-electron chi connectivity index (χ4n) is 1.77. The average Bonchev–Trinajstić information content (AvgIpc) is 2.52. The predicted molar refractivity (Wildman–Crippen MR) is 101 cm³/mol. The summed E-state index contributed by atoms with van der Waals surface area (Å²) in [6.45, 7) is -2.13. The Labute approximate surface area is 154 Å². The first-order valence-electron chi connectivity index (χ1n) is 8.31. The number of nitrogens with two attached hydrogens (primary N) is 2.